The maximum Gasteiger partial charge on any atom is 0.374 e. The topological polar surface area (TPSA) is 82.1 Å². The summed E-state index contributed by atoms with van der Waals surface area (Å²) in [6, 6.07) is 0. The molecule has 0 radical (unpaired) electrons. The lowest BCUT2D eigenvalue weighted by Gasteiger charge is -2.25. The number of unbranched alkanes of at least 4 members (excludes halogenated alkanes) is 14. The lowest BCUT2D eigenvalue weighted by atomic mass is 9.99. The number of thioether (sulfide) groups is 1. The van der Waals surface area contributed by atoms with Gasteiger partial charge in [0.05, 0.1) is 19.3 Å². The highest BCUT2D eigenvalue weighted by Crippen LogP contribution is 2.27. The minimum absolute atomic E-state index is 0.0800. The van der Waals surface area contributed by atoms with E-state index < -0.39 is 20.0 Å². The first-order chi connectivity index (χ1) is 19.6. The highest BCUT2D eigenvalue weighted by molar-refractivity contribution is 7.99. The summed E-state index contributed by atoms with van der Waals surface area (Å²) in [5.74, 6) is 0.206. The molecule has 0 aliphatic rings. The van der Waals surface area contributed by atoms with Crippen LogP contribution in [0.2, 0.25) is 0 Å². The van der Waals surface area contributed by atoms with Crippen molar-refractivity contribution in [3.05, 3.63) is 0 Å². The van der Waals surface area contributed by atoms with Gasteiger partial charge in [-0.1, -0.05) is 131 Å². The van der Waals surface area contributed by atoms with Crippen LogP contribution in [0.15, 0.2) is 0 Å². The number of esters is 1. The Balaban J connectivity index is 4.35. The van der Waals surface area contributed by atoms with Gasteiger partial charge >= 0.3 is 11.5 Å². The van der Waals surface area contributed by atoms with Crippen LogP contribution < -0.4 is 0 Å². The van der Waals surface area contributed by atoms with Crippen LogP contribution in [0.3, 0.4) is 0 Å². The van der Waals surface area contributed by atoms with Crippen molar-refractivity contribution in [2.75, 3.05) is 25.6 Å². The number of aliphatic hydroxyl groups is 1. The Morgan fingerprint density at radius 1 is 0.780 bits per heavy atom. The minimum Gasteiger partial charge on any atom is -0.461 e. The van der Waals surface area contributed by atoms with Crippen molar-refractivity contribution in [3.63, 3.8) is 0 Å². The summed E-state index contributed by atoms with van der Waals surface area (Å²) in [7, 11) is -1.89. The normalized spacial score (nSPS) is 15.3. The van der Waals surface area contributed by atoms with Gasteiger partial charge in [0, 0.05) is 11.9 Å². The summed E-state index contributed by atoms with van der Waals surface area (Å²) in [6.45, 7) is 13.1. The third kappa shape index (κ3) is 24.0. The number of carbonyl (C=O) groups is 1. The molecule has 0 bridgehead atoms. The van der Waals surface area contributed by atoms with Crippen molar-refractivity contribution in [2.45, 2.75) is 174 Å². The van der Waals surface area contributed by atoms with E-state index in [0.29, 0.717) is 18.3 Å². The Morgan fingerprint density at radius 3 is 1.80 bits per heavy atom. The molecule has 41 heavy (non-hydrogen) atoms. The Hall–Kier alpha value is -0.0700. The fourth-order valence-electron chi connectivity index (χ4n) is 4.59. The predicted octanol–water partition coefficient (Wildman–Crippen LogP) is 9.56. The molecule has 1 N–H and O–H groups in total. The molecule has 0 spiro atoms. The van der Waals surface area contributed by atoms with Crippen molar-refractivity contribution in [1.82, 2.24) is 0 Å². The number of rotatable bonds is 29. The van der Waals surface area contributed by atoms with Gasteiger partial charge < -0.3 is 23.9 Å². The predicted molar refractivity (Wildman–Crippen MR) is 178 cm³/mol. The summed E-state index contributed by atoms with van der Waals surface area (Å²) in [4.78, 5) is 12.2. The van der Waals surface area contributed by atoms with Crippen molar-refractivity contribution < 1.29 is 28.7 Å². The van der Waals surface area contributed by atoms with E-state index in [1.165, 1.54) is 115 Å². The summed E-state index contributed by atoms with van der Waals surface area (Å²) < 4.78 is 28.2. The fraction of sp³-hybridized carbons (Fsp3) is 0.970. The van der Waals surface area contributed by atoms with E-state index in [2.05, 4.69) is 32.5 Å². The van der Waals surface area contributed by atoms with Crippen LogP contribution in [0.4, 0.5) is 0 Å². The third-order valence-corrected chi connectivity index (χ3v) is 9.57. The van der Waals surface area contributed by atoms with Crippen molar-refractivity contribution in [2.24, 2.45) is 5.41 Å². The second kappa shape index (κ2) is 26.3. The van der Waals surface area contributed by atoms with Crippen LogP contribution in [0.1, 0.15) is 157 Å². The Labute approximate surface area is 259 Å². The van der Waals surface area contributed by atoms with Crippen LogP contribution in [0, 0.1) is 5.41 Å². The molecular weight excluding hydrogens is 555 g/mol. The summed E-state index contributed by atoms with van der Waals surface area (Å²) in [5.41, 5.74) is -2.61. The third-order valence-electron chi connectivity index (χ3n) is 7.28. The van der Waals surface area contributed by atoms with Crippen molar-refractivity contribution >= 4 is 26.2 Å². The van der Waals surface area contributed by atoms with Crippen LogP contribution >= 0.6 is 20.2 Å². The molecule has 4 atom stereocenters. The van der Waals surface area contributed by atoms with E-state index in [4.69, 9.17) is 14.2 Å². The first-order valence-electron chi connectivity index (χ1n) is 16.8. The summed E-state index contributed by atoms with van der Waals surface area (Å²) in [5, 5.41) is 10.8. The lowest BCUT2D eigenvalue weighted by molar-refractivity contribution is -0.198. The first kappa shape index (κ1) is 40.9. The van der Waals surface area contributed by atoms with Gasteiger partial charge in [-0.2, -0.15) is 11.8 Å². The summed E-state index contributed by atoms with van der Waals surface area (Å²) >= 11 is 2.06. The van der Waals surface area contributed by atoms with Crippen LogP contribution in [0.25, 0.3) is 0 Å². The van der Waals surface area contributed by atoms with Gasteiger partial charge in [0.15, 0.2) is 0 Å². The molecule has 0 aliphatic heterocycles. The molecule has 246 valence electrons. The molecule has 0 aromatic carbocycles. The molecule has 0 aromatic rings. The molecule has 8 heteroatoms. The SMILES string of the molecule is CCCCCCCCCCCCCSC(CCCCCCC)C(C)OCCCOC(O)([PH2]=O)C(=O)OCC(C)(C)C. The van der Waals surface area contributed by atoms with E-state index in [-0.39, 0.29) is 24.7 Å². The van der Waals surface area contributed by atoms with E-state index >= 15 is 0 Å². The maximum absolute atomic E-state index is 12.2. The second-order valence-corrected chi connectivity index (χ2v) is 15.2. The van der Waals surface area contributed by atoms with Crippen LogP contribution in [0.5, 0.6) is 0 Å². The van der Waals surface area contributed by atoms with E-state index in [0.717, 1.165) is 0 Å². The Kier molecular flexibility index (Phi) is 26.3. The molecule has 0 amide bonds. The Morgan fingerprint density at radius 2 is 1.29 bits per heavy atom. The van der Waals surface area contributed by atoms with Crippen molar-refractivity contribution in [3.8, 4) is 0 Å². The van der Waals surface area contributed by atoms with Crippen LogP contribution in [-0.4, -0.2) is 53.5 Å². The van der Waals surface area contributed by atoms with Gasteiger partial charge in [0.1, 0.15) is 8.46 Å². The maximum atomic E-state index is 12.2. The van der Waals surface area contributed by atoms with Gasteiger partial charge in [-0.15, -0.1) is 0 Å². The zero-order chi connectivity index (χ0) is 30.8. The van der Waals surface area contributed by atoms with Gasteiger partial charge in [0.25, 0.3) is 0 Å². The van der Waals surface area contributed by atoms with E-state index in [1.54, 1.807) is 0 Å². The minimum atomic E-state index is -2.36. The van der Waals surface area contributed by atoms with Gasteiger partial charge in [0.2, 0.25) is 0 Å². The van der Waals surface area contributed by atoms with Gasteiger partial charge in [-0.25, -0.2) is 4.79 Å². The largest absolute Gasteiger partial charge is 0.461 e. The average Bonchev–Trinajstić information content (AvgIpc) is 2.94. The zero-order valence-corrected chi connectivity index (χ0v) is 29.7. The molecule has 0 heterocycles. The highest BCUT2D eigenvalue weighted by Gasteiger charge is 2.39. The monoisotopic (exact) mass is 622 g/mol. The van der Waals surface area contributed by atoms with Crippen molar-refractivity contribution in [1.29, 1.82) is 0 Å². The molecular formula is C33H67O6PS. The highest BCUT2D eigenvalue weighted by atomic mass is 32.2. The zero-order valence-electron chi connectivity index (χ0n) is 27.7. The molecule has 0 saturated heterocycles. The standard InChI is InChI=1S/C33H67O6PS/c1-7-9-11-13-14-15-16-17-18-20-22-27-41-30(24-21-19-12-10-8-2)29(3)37-25-23-26-39-33(35,40-36)31(34)38-28-32(4,5)6/h29-30,35H,7-28,40H2,1-6H3. The molecule has 6 nitrogen and oxygen atoms in total. The van der Waals surface area contributed by atoms with Crippen LogP contribution in [-0.2, 0) is 23.6 Å². The average molecular weight is 623 g/mol. The summed E-state index contributed by atoms with van der Waals surface area (Å²) in [6.07, 6.45) is 23.2. The fourth-order valence-corrected chi connectivity index (χ4v) is 6.32. The quantitative estimate of drug-likeness (QED) is 0.0385. The molecule has 0 aliphatic carbocycles. The molecule has 4 unspecified atom stereocenters. The molecule has 0 rings (SSSR count). The number of hydrogen-bond donors (Lipinski definition) is 1. The molecule has 0 aromatic heterocycles. The number of ether oxygens (including phenoxy) is 3. The number of hydrogen-bond acceptors (Lipinski definition) is 7. The van der Waals surface area contributed by atoms with E-state index in [1.807, 2.05) is 20.8 Å². The van der Waals surface area contributed by atoms with E-state index in [9.17, 15) is 14.5 Å². The van der Waals surface area contributed by atoms with Gasteiger partial charge in [-0.05, 0) is 37.4 Å². The van der Waals surface area contributed by atoms with Gasteiger partial charge in [-0.3, -0.25) is 0 Å². The first-order valence-corrected chi connectivity index (χ1v) is 18.9. The number of carbonyl (C=O) groups excluding carboxylic acids is 1. The Bertz CT molecular complexity index is 629. The molecule has 0 fully saturated rings. The second-order valence-electron chi connectivity index (χ2n) is 12.9. The smallest absolute Gasteiger partial charge is 0.374 e. The molecule has 0 saturated carbocycles. The lowest BCUT2D eigenvalue weighted by Crippen LogP contribution is -2.39.